The number of aryl methyl sites for hydroxylation is 2. The van der Waals surface area contributed by atoms with E-state index in [2.05, 4.69) is 5.32 Å². The lowest BCUT2D eigenvalue weighted by molar-refractivity contribution is 0.0995. The van der Waals surface area contributed by atoms with Crippen LogP contribution in [-0.2, 0) is 5.88 Å². The number of alkyl halides is 1. The smallest absolute Gasteiger partial charge is 0.291 e. The molecule has 19 heavy (non-hydrogen) atoms. The molecule has 1 amide bonds. The van der Waals surface area contributed by atoms with E-state index >= 15 is 0 Å². The Morgan fingerprint density at radius 3 is 2.68 bits per heavy atom. The van der Waals surface area contributed by atoms with Gasteiger partial charge >= 0.3 is 0 Å². The number of benzene rings is 1. The van der Waals surface area contributed by atoms with Gasteiger partial charge < -0.3 is 9.73 Å². The van der Waals surface area contributed by atoms with Crippen LogP contribution in [0.3, 0.4) is 0 Å². The molecule has 1 aromatic carbocycles. The van der Waals surface area contributed by atoms with E-state index in [1.807, 2.05) is 32.0 Å². The predicted octanol–water partition coefficient (Wildman–Crippen LogP) is 4.20. The van der Waals surface area contributed by atoms with Crippen LogP contribution in [0.2, 0.25) is 0 Å². The van der Waals surface area contributed by atoms with Crippen LogP contribution in [0.25, 0.3) is 0 Å². The maximum absolute atomic E-state index is 12.1. The highest BCUT2D eigenvalue weighted by molar-refractivity contribution is 6.17. The lowest BCUT2D eigenvalue weighted by Crippen LogP contribution is -2.12. The van der Waals surface area contributed by atoms with E-state index in [1.165, 1.54) is 0 Å². The van der Waals surface area contributed by atoms with E-state index in [4.69, 9.17) is 16.0 Å². The van der Waals surface area contributed by atoms with Gasteiger partial charge in [0.1, 0.15) is 5.76 Å². The van der Waals surface area contributed by atoms with Gasteiger partial charge in [0, 0.05) is 11.3 Å². The maximum Gasteiger partial charge on any atom is 0.291 e. The molecule has 0 aliphatic heterocycles. The number of halogens is 1. The van der Waals surface area contributed by atoms with Crippen LogP contribution in [0, 0.1) is 20.8 Å². The molecule has 0 aliphatic carbocycles. The van der Waals surface area contributed by atoms with Gasteiger partial charge in [-0.05, 0) is 44.0 Å². The molecule has 0 saturated carbocycles. The highest BCUT2D eigenvalue weighted by Gasteiger charge is 2.15. The number of hydrogen-bond acceptors (Lipinski definition) is 2. The van der Waals surface area contributed by atoms with Gasteiger partial charge in [-0.1, -0.05) is 12.1 Å². The third kappa shape index (κ3) is 2.82. The normalized spacial score (nSPS) is 10.5. The summed E-state index contributed by atoms with van der Waals surface area (Å²) in [6.45, 7) is 5.78. The zero-order valence-corrected chi connectivity index (χ0v) is 12.0. The molecule has 0 atom stereocenters. The molecule has 100 valence electrons. The molecule has 0 saturated heterocycles. The third-order valence-corrected chi connectivity index (χ3v) is 3.53. The molecule has 4 heteroatoms. The van der Waals surface area contributed by atoms with Gasteiger partial charge in [0.05, 0.1) is 5.88 Å². The quantitative estimate of drug-likeness (QED) is 0.855. The molecule has 2 rings (SSSR count). The van der Waals surface area contributed by atoms with E-state index in [0.717, 1.165) is 22.4 Å². The van der Waals surface area contributed by atoms with E-state index < -0.39 is 0 Å². The number of amides is 1. The van der Waals surface area contributed by atoms with Gasteiger partial charge in [-0.2, -0.15) is 0 Å². The summed E-state index contributed by atoms with van der Waals surface area (Å²) >= 11 is 5.76. The number of anilines is 1. The van der Waals surface area contributed by atoms with Crippen molar-refractivity contribution in [3.63, 3.8) is 0 Å². The summed E-state index contributed by atoms with van der Waals surface area (Å²) in [5.41, 5.74) is 3.82. The zero-order chi connectivity index (χ0) is 14.0. The molecular formula is C15H16ClNO2. The fourth-order valence-corrected chi connectivity index (χ4v) is 2.10. The number of carbonyl (C=O) groups is 1. The van der Waals surface area contributed by atoms with Gasteiger partial charge in [0.15, 0.2) is 5.76 Å². The van der Waals surface area contributed by atoms with Crippen LogP contribution >= 0.6 is 11.6 Å². The molecule has 1 N–H and O–H groups in total. The first kappa shape index (κ1) is 13.7. The molecule has 0 spiro atoms. The minimum Gasteiger partial charge on any atom is -0.456 e. The van der Waals surface area contributed by atoms with Crippen molar-refractivity contribution in [2.75, 3.05) is 5.32 Å². The minimum absolute atomic E-state index is 0.256. The summed E-state index contributed by atoms with van der Waals surface area (Å²) in [4.78, 5) is 12.1. The van der Waals surface area contributed by atoms with Crippen LogP contribution < -0.4 is 5.32 Å². The molecule has 1 aromatic heterocycles. The van der Waals surface area contributed by atoms with Gasteiger partial charge in [0.25, 0.3) is 5.91 Å². The summed E-state index contributed by atoms with van der Waals surface area (Å²) in [5.74, 6) is 1.05. The average molecular weight is 278 g/mol. The number of hydrogen-bond donors (Lipinski definition) is 1. The Morgan fingerprint density at radius 2 is 2.05 bits per heavy atom. The monoisotopic (exact) mass is 277 g/mol. The third-order valence-electron chi connectivity index (χ3n) is 3.24. The van der Waals surface area contributed by atoms with Crippen LogP contribution in [0.15, 0.2) is 28.7 Å². The first-order chi connectivity index (χ1) is 9.02. The van der Waals surface area contributed by atoms with Crippen molar-refractivity contribution in [2.24, 2.45) is 0 Å². The Kier molecular flexibility index (Phi) is 3.96. The number of rotatable bonds is 3. The number of furan rings is 1. The van der Waals surface area contributed by atoms with Gasteiger partial charge in [0.2, 0.25) is 0 Å². The van der Waals surface area contributed by atoms with E-state index in [-0.39, 0.29) is 11.7 Å². The van der Waals surface area contributed by atoms with E-state index in [1.54, 1.807) is 13.0 Å². The molecule has 0 radical (unpaired) electrons. The number of nitrogens with one attached hydrogen (secondary N) is 1. The Morgan fingerprint density at radius 1 is 1.32 bits per heavy atom. The molecule has 0 unspecified atom stereocenters. The first-order valence-corrected chi connectivity index (χ1v) is 6.59. The van der Waals surface area contributed by atoms with Gasteiger partial charge in [-0.15, -0.1) is 11.6 Å². The van der Waals surface area contributed by atoms with Crippen molar-refractivity contribution < 1.29 is 9.21 Å². The van der Waals surface area contributed by atoms with Crippen molar-refractivity contribution in [3.05, 3.63) is 52.5 Å². The molecule has 2 aromatic rings. The zero-order valence-electron chi connectivity index (χ0n) is 11.2. The Bertz CT molecular complexity index is 617. The summed E-state index contributed by atoms with van der Waals surface area (Å²) in [5, 5.41) is 2.86. The Balaban J connectivity index is 2.23. The Labute approximate surface area is 117 Å². The summed E-state index contributed by atoms with van der Waals surface area (Å²) in [6, 6.07) is 7.48. The second-order valence-electron chi connectivity index (χ2n) is 4.53. The summed E-state index contributed by atoms with van der Waals surface area (Å²) in [7, 11) is 0. The van der Waals surface area contributed by atoms with Crippen LogP contribution in [0.1, 0.15) is 33.0 Å². The van der Waals surface area contributed by atoms with Gasteiger partial charge in [-0.3, -0.25) is 4.79 Å². The molecular weight excluding hydrogens is 262 g/mol. The largest absolute Gasteiger partial charge is 0.456 e. The summed E-state index contributed by atoms with van der Waals surface area (Å²) < 4.78 is 5.41. The predicted molar refractivity (Wildman–Crippen MR) is 76.9 cm³/mol. The van der Waals surface area contributed by atoms with E-state index in [0.29, 0.717) is 11.6 Å². The number of carbonyl (C=O) groups excluding carboxylic acids is 1. The minimum atomic E-state index is -0.256. The lowest BCUT2D eigenvalue weighted by atomic mass is 10.1. The maximum atomic E-state index is 12.1. The standard InChI is InChI=1S/C15H16ClNO2/c1-9-5-4-6-13(10(9)2)17-15(18)14-7-12(8-16)11(3)19-14/h4-7H,8H2,1-3H3,(H,17,18). The van der Waals surface area contributed by atoms with Crippen molar-refractivity contribution in [3.8, 4) is 0 Å². The van der Waals surface area contributed by atoms with Crippen molar-refractivity contribution in [1.82, 2.24) is 0 Å². The van der Waals surface area contributed by atoms with Crippen LogP contribution in [0.5, 0.6) is 0 Å². The molecule has 0 aliphatic rings. The fourth-order valence-electron chi connectivity index (χ4n) is 1.83. The van der Waals surface area contributed by atoms with Crippen molar-refractivity contribution >= 4 is 23.2 Å². The van der Waals surface area contributed by atoms with Crippen molar-refractivity contribution in [2.45, 2.75) is 26.7 Å². The SMILES string of the molecule is Cc1cccc(NC(=O)c2cc(CCl)c(C)o2)c1C. The second kappa shape index (κ2) is 5.49. The molecule has 0 bridgehead atoms. The lowest BCUT2D eigenvalue weighted by Gasteiger charge is -2.08. The van der Waals surface area contributed by atoms with Crippen molar-refractivity contribution in [1.29, 1.82) is 0 Å². The Hall–Kier alpha value is -1.74. The van der Waals surface area contributed by atoms with Gasteiger partial charge in [-0.25, -0.2) is 0 Å². The fraction of sp³-hybridized carbons (Fsp3) is 0.267. The first-order valence-electron chi connectivity index (χ1n) is 6.05. The van der Waals surface area contributed by atoms with Crippen LogP contribution in [-0.4, -0.2) is 5.91 Å². The summed E-state index contributed by atoms with van der Waals surface area (Å²) in [6.07, 6.45) is 0. The highest BCUT2D eigenvalue weighted by Crippen LogP contribution is 2.21. The van der Waals surface area contributed by atoms with E-state index in [9.17, 15) is 4.79 Å². The molecule has 0 fully saturated rings. The van der Waals surface area contributed by atoms with Crippen LogP contribution in [0.4, 0.5) is 5.69 Å². The molecule has 3 nitrogen and oxygen atoms in total. The molecule has 1 heterocycles. The highest BCUT2D eigenvalue weighted by atomic mass is 35.5. The second-order valence-corrected chi connectivity index (χ2v) is 4.79. The average Bonchev–Trinajstić information content (AvgIpc) is 2.76. The topological polar surface area (TPSA) is 42.2 Å².